The molecule has 0 aromatic heterocycles. The van der Waals surface area contributed by atoms with Gasteiger partial charge in [0, 0.05) is 12.0 Å². The molecule has 1 aliphatic carbocycles. The second-order valence-corrected chi connectivity index (χ2v) is 4.59. The Morgan fingerprint density at radius 1 is 1.50 bits per heavy atom. The highest BCUT2D eigenvalue weighted by atomic mass is 19.1. The molecule has 1 nitrogen and oxygen atoms in total. The summed E-state index contributed by atoms with van der Waals surface area (Å²) < 4.78 is 14.5. The highest BCUT2D eigenvalue weighted by Gasteiger charge is 2.42. The highest BCUT2D eigenvalue weighted by Crippen LogP contribution is 2.35. The minimum atomic E-state index is -1.74. The summed E-state index contributed by atoms with van der Waals surface area (Å²) in [6.45, 7) is 5.45. The molecule has 1 aliphatic rings. The fraction of sp³-hybridized carbons (Fsp3) is 0.357. The van der Waals surface area contributed by atoms with Crippen molar-refractivity contribution in [3.8, 4) is 0 Å². The molecule has 16 heavy (non-hydrogen) atoms. The van der Waals surface area contributed by atoms with Crippen LogP contribution in [0.3, 0.4) is 0 Å². The number of halogens is 1. The summed E-state index contributed by atoms with van der Waals surface area (Å²) in [6.07, 6.45) is 1.04. The number of fused-ring (bicyclic) bond motifs is 1. The van der Waals surface area contributed by atoms with Gasteiger partial charge in [0.05, 0.1) is 0 Å². The maximum absolute atomic E-state index is 14.5. The molecular weight excluding hydrogens is 203 g/mol. The monoisotopic (exact) mass is 218 g/mol. The fourth-order valence-corrected chi connectivity index (χ4v) is 2.29. The van der Waals surface area contributed by atoms with E-state index < -0.39 is 5.67 Å². The SMILES string of the molecule is C=C(C)C[C@]1(F)CCc2ccccc2C1=O. The summed E-state index contributed by atoms with van der Waals surface area (Å²) in [5.74, 6) is -0.377. The topological polar surface area (TPSA) is 17.1 Å². The second-order valence-electron chi connectivity index (χ2n) is 4.59. The first-order valence-electron chi connectivity index (χ1n) is 5.49. The maximum Gasteiger partial charge on any atom is 0.200 e. The number of allylic oxidation sites excluding steroid dienone is 1. The molecule has 0 saturated carbocycles. The lowest BCUT2D eigenvalue weighted by Crippen LogP contribution is -2.38. The van der Waals surface area contributed by atoms with Crippen molar-refractivity contribution in [3.63, 3.8) is 0 Å². The van der Waals surface area contributed by atoms with Crippen LogP contribution in [0, 0.1) is 0 Å². The molecule has 0 radical (unpaired) electrons. The Balaban J connectivity index is 2.37. The van der Waals surface area contributed by atoms with Crippen molar-refractivity contribution in [2.75, 3.05) is 0 Å². The molecule has 1 aromatic carbocycles. The fourth-order valence-electron chi connectivity index (χ4n) is 2.29. The van der Waals surface area contributed by atoms with E-state index in [0.29, 0.717) is 12.0 Å². The average molecular weight is 218 g/mol. The standard InChI is InChI=1S/C14H15FO/c1-10(2)9-14(15)8-7-11-5-3-4-6-12(11)13(14)16/h3-6H,1,7-9H2,2H3/t14-/m1/s1. The predicted octanol–water partition coefficient (Wildman–Crippen LogP) is 3.49. The van der Waals surface area contributed by atoms with E-state index in [1.807, 2.05) is 12.1 Å². The lowest BCUT2D eigenvalue weighted by molar-refractivity contribution is 0.0637. The molecule has 0 aliphatic heterocycles. The number of rotatable bonds is 2. The molecule has 0 N–H and O–H groups in total. The first-order valence-corrected chi connectivity index (χ1v) is 5.49. The van der Waals surface area contributed by atoms with Crippen LogP contribution in [0.5, 0.6) is 0 Å². The normalized spacial score (nSPS) is 24.0. The summed E-state index contributed by atoms with van der Waals surface area (Å²) in [7, 11) is 0. The smallest absolute Gasteiger partial charge is 0.200 e. The van der Waals surface area contributed by atoms with Gasteiger partial charge in [-0.15, -0.1) is 6.58 Å². The van der Waals surface area contributed by atoms with E-state index in [1.165, 1.54) is 0 Å². The minimum Gasteiger partial charge on any atom is -0.291 e. The van der Waals surface area contributed by atoms with Crippen LogP contribution in [0.25, 0.3) is 0 Å². The number of aryl methyl sites for hydroxylation is 1. The van der Waals surface area contributed by atoms with Crippen LogP contribution in [-0.4, -0.2) is 11.5 Å². The molecule has 84 valence electrons. The first kappa shape index (κ1) is 11.1. The van der Waals surface area contributed by atoms with Crippen LogP contribution in [0.15, 0.2) is 36.4 Å². The highest BCUT2D eigenvalue weighted by molar-refractivity contribution is 6.04. The number of Topliss-reactive ketones (excluding diaryl/α,β-unsaturated/α-hetero) is 1. The van der Waals surface area contributed by atoms with E-state index in [4.69, 9.17) is 0 Å². The van der Waals surface area contributed by atoms with Crippen molar-refractivity contribution in [1.29, 1.82) is 0 Å². The zero-order valence-corrected chi connectivity index (χ0v) is 9.42. The van der Waals surface area contributed by atoms with Gasteiger partial charge in [0.15, 0.2) is 5.67 Å². The summed E-state index contributed by atoms with van der Waals surface area (Å²) in [6, 6.07) is 7.27. The van der Waals surface area contributed by atoms with E-state index in [2.05, 4.69) is 6.58 Å². The predicted molar refractivity (Wildman–Crippen MR) is 62.4 cm³/mol. The Kier molecular flexibility index (Phi) is 2.66. The Hall–Kier alpha value is -1.44. The zero-order valence-electron chi connectivity index (χ0n) is 9.42. The third-order valence-electron chi connectivity index (χ3n) is 3.04. The number of alkyl halides is 1. The van der Waals surface area contributed by atoms with Crippen LogP contribution in [0.4, 0.5) is 4.39 Å². The Morgan fingerprint density at radius 3 is 2.88 bits per heavy atom. The summed E-state index contributed by atoms with van der Waals surface area (Å²) in [5, 5.41) is 0. The summed E-state index contributed by atoms with van der Waals surface area (Å²) in [4.78, 5) is 12.1. The lowest BCUT2D eigenvalue weighted by atomic mass is 9.77. The van der Waals surface area contributed by atoms with Gasteiger partial charge in [-0.05, 0) is 25.3 Å². The van der Waals surface area contributed by atoms with Crippen molar-refractivity contribution in [3.05, 3.63) is 47.5 Å². The Labute approximate surface area is 95.0 Å². The third kappa shape index (κ3) is 1.80. The van der Waals surface area contributed by atoms with Crippen LogP contribution in [-0.2, 0) is 6.42 Å². The van der Waals surface area contributed by atoms with Gasteiger partial charge < -0.3 is 0 Å². The van der Waals surface area contributed by atoms with Gasteiger partial charge in [-0.3, -0.25) is 4.79 Å². The maximum atomic E-state index is 14.5. The average Bonchev–Trinajstić information content (AvgIpc) is 2.24. The first-order chi connectivity index (χ1) is 7.53. The van der Waals surface area contributed by atoms with Crippen molar-refractivity contribution >= 4 is 5.78 Å². The largest absolute Gasteiger partial charge is 0.291 e. The molecule has 0 heterocycles. The quantitative estimate of drug-likeness (QED) is 0.694. The van der Waals surface area contributed by atoms with Crippen LogP contribution < -0.4 is 0 Å². The Morgan fingerprint density at radius 2 is 2.19 bits per heavy atom. The molecule has 0 saturated heterocycles. The molecule has 1 atom stereocenters. The summed E-state index contributed by atoms with van der Waals surface area (Å²) in [5.41, 5.74) is 0.482. The van der Waals surface area contributed by atoms with Crippen molar-refractivity contribution < 1.29 is 9.18 Å². The summed E-state index contributed by atoms with van der Waals surface area (Å²) >= 11 is 0. The lowest BCUT2D eigenvalue weighted by Gasteiger charge is -2.29. The molecule has 0 unspecified atom stereocenters. The molecule has 0 bridgehead atoms. The number of benzene rings is 1. The van der Waals surface area contributed by atoms with E-state index in [9.17, 15) is 9.18 Å². The van der Waals surface area contributed by atoms with Gasteiger partial charge in [-0.1, -0.05) is 29.8 Å². The van der Waals surface area contributed by atoms with Crippen LogP contribution in [0.2, 0.25) is 0 Å². The number of carbonyl (C=O) groups excluding carboxylic acids is 1. The zero-order chi connectivity index (χ0) is 11.8. The van der Waals surface area contributed by atoms with E-state index in [0.717, 1.165) is 11.1 Å². The molecule has 2 heteroatoms. The van der Waals surface area contributed by atoms with Gasteiger partial charge in [-0.2, -0.15) is 0 Å². The van der Waals surface area contributed by atoms with Gasteiger partial charge in [0.25, 0.3) is 0 Å². The molecule has 0 amide bonds. The minimum absolute atomic E-state index is 0.139. The van der Waals surface area contributed by atoms with Gasteiger partial charge in [0.1, 0.15) is 0 Å². The molecule has 0 spiro atoms. The van der Waals surface area contributed by atoms with Gasteiger partial charge in [0.2, 0.25) is 5.78 Å². The number of carbonyl (C=O) groups is 1. The third-order valence-corrected chi connectivity index (χ3v) is 3.04. The van der Waals surface area contributed by atoms with Gasteiger partial charge in [-0.25, -0.2) is 4.39 Å². The van der Waals surface area contributed by atoms with Crippen molar-refractivity contribution in [1.82, 2.24) is 0 Å². The molecule has 2 rings (SSSR count). The van der Waals surface area contributed by atoms with E-state index in [-0.39, 0.29) is 18.6 Å². The van der Waals surface area contributed by atoms with Crippen molar-refractivity contribution in [2.45, 2.75) is 31.9 Å². The molecule has 1 aromatic rings. The van der Waals surface area contributed by atoms with E-state index >= 15 is 0 Å². The second kappa shape index (κ2) is 3.85. The van der Waals surface area contributed by atoms with Crippen LogP contribution in [0.1, 0.15) is 35.7 Å². The van der Waals surface area contributed by atoms with Crippen molar-refractivity contribution in [2.24, 2.45) is 0 Å². The number of ketones is 1. The molecular formula is C14H15FO. The number of hydrogen-bond acceptors (Lipinski definition) is 1. The van der Waals surface area contributed by atoms with E-state index in [1.54, 1.807) is 19.1 Å². The Bertz CT molecular complexity index is 450. The van der Waals surface area contributed by atoms with Gasteiger partial charge >= 0.3 is 0 Å². The number of hydrogen-bond donors (Lipinski definition) is 0. The molecule has 0 fully saturated rings. The van der Waals surface area contributed by atoms with Crippen LogP contribution >= 0.6 is 0 Å².